The van der Waals surface area contributed by atoms with Crippen molar-refractivity contribution in [3.8, 4) is 0 Å². The molecule has 0 aliphatic rings. The Morgan fingerprint density at radius 2 is 1.44 bits per heavy atom. The first-order chi connectivity index (χ1) is 12.7. The van der Waals surface area contributed by atoms with Crippen LogP contribution >= 0.6 is 0 Å². The second-order valence-corrected chi connectivity index (χ2v) is 6.91. The molecule has 0 N–H and O–H groups in total. The van der Waals surface area contributed by atoms with Gasteiger partial charge in [0.05, 0.1) is 11.1 Å². The monoisotopic (exact) mass is 369 g/mol. The van der Waals surface area contributed by atoms with Gasteiger partial charge in [-0.3, -0.25) is 4.79 Å². The zero-order chi connectivity index (χ0) is 20.0. The Labute approximate surface area is 158 Å². The molecule has 27 heavy (non-hydrogen) atoms. The standard InChI is InChI=1S/C21H23NO5/c1-21(2,3)27-18(23)14-26-20(25)17-13-9-8-12-16(17)19(24)22(4)15-10-6-5-7-11-15/h5-13H,14H2,1-4H3. The summed E-state index contributed by atoms with van der Waals surface area (Å²) in [7, 11) is 1.63. The molecule has 6 heteroatoms. The highest BCUT2D eigenvalue weighted by molar-refractivity contribution is 6.12. The number of amides is 1. The smallest absolute Gasteiger partial charge is 0.344 e. The van der Waals surface area contributed by atoms with E-state index in [0.717, 1.165) is 0 Å². The summed E-state index contributed by atoms with van der Waals surface area (Å²) >= 11 is 0. The average molecular weight is 369 g/mol. The third-order valence-electron chi connectivity index (χ3n) is 3.57. The molecule has 0 atom stereocenters. The fourth-order valence-electron chi connectivity index (χ4n) is 2.37. The minimum absolute atomic E-state index is 0.0915. The summed E-state index contributed by atoms with van der Waals surface area (Å²) in [6.45, 7) is 4.65. The van der Waals surface area contributed by atoms with Gasteiger partial charge < -0.3 is 14.4 Å². The van der Waals surface area contributed by atoms with E-state index in [4.69, 9.17) is 9.47 Å². The number of benzene rings is 2. The van der Waals surface area contributed by atoms with Crippen LogP contribution in [0.15, 0.2) is 54.6 Å². The van der Waals surface area contributed by atoms with Crippen molar-refractivity contribution in [1.29, 1.82) is 0 Å². The molecule has 0 fully saturated rings. The van der Waals surface area contributed by atoms with Crippen molar-refractivity contribution >= 4 is 23.5 Å². The lowest BCUT2D eigenvalue weighted by Crippen LogP contribution is -2.29. The molecule has 2 aromatic carbocycles. The Morgan fingerprint density at radius 3 is 2.04 bits per heavy atom. The zero-order valence-electron chi connectivity index (χ0n) is 15.9. The third kappa shape index (κ3) is 5.67. The summed E-state index contributed by atoms with van der Waals surface area (Å²) in [6.07, 6.45) is 0. The largest absolute Gasteiger partial charge is 0.457 e. The fourth-order valence-corrected chi connectivity index (χ4v) is 2.37. The molecule has 142 valence electrons. The second-order valence-electron chi connectivity index (χ2n) is 6.91. The van der Waals surface area contributed by atoms with Gasteiger partial charge in [0.2, 0.25) is 0 Å². The summed E-state index contributed by atoms with van der Waals surface area (Å²) in [6, 6.07) is 15.4. The Kier molecular flexibility index (Phi) is 6.34. The van der Waals surface area contributed by atoms with Gasteiger partial charge in [-0.1, -0.05) is 30.3 Å². The van der Waals surface area contributed by atoms with E-state index < -0.39 is 24.1 Å². The zero-order valence-corrected chi connectivity index (χ0v) is 15.9. The SMILES string of the molecule is CN(C(=O)c1ccccc1C(=O)OCC(=O)OC(C)(C)C)c1ccccc1. The lowest BCUT2D eigenvalue weighted by molar-refractivity contribution is -0.158. The minimum atomic E-state index is -0.758. The molecule has 0 aromatic heterocycles. The van der Waals surface area contributed by atoms with Crippen LogP contribution in [-0.4, -0.2) is 37.1 Å². The van der Waals surface area contributed by atoms with Crippen molar-refractivity contribution < 1.29 is 23.9 Å². The van der Waals surface area contributed by atoms with Gasteiger partial charge in [-0.05, 0) is 45.0 Å². The number of hydrogen-bond acceptors (Lipinski definition) is 5. The normalized spacial score (nSPS) is 10.8. The summed E-state index contributed by atoms with van der Waals surface area (Å²) in [5.74, 6) is -1.77. The van der Waals surface area contributed by atoms with Crippen LogP contribution in [0, 0.1) is 0 Å². The molecule has 2 rings (SSSR count). The van der Waals surface area contributed by atoms with Crippen LogP contribution in [-0.2, 0) is 14.3 Å². The Morgan fingerprint density at radius 1 is 0.889 bits per heavy atom. The summed E-state index contributed by atoms with van der Waals surface area (Å²) in [5, 5.41) is 0. The molecule has 0 radical (unpaired) electrons. The van der Waals surface area contributed by atoms with Gasteiger partial charge in [-0.2, -0.15) is 0 Å². The predicted octanol–water partition coefficient (Wildman–Crippen LogP) is 3.46. The molecular formula is C21H23NO5. The number of para-hydroxylation sites is 1. The topological polar surface area (TPSA) is 72.9 Å². The van der Waals surface area contributed by atoms with E-state index >= 15 is 0 Å². The van der Waals surface area contributed by atoms with Gasteiger partial charge in [-0.25, -0.2) is 9.59 Å². The summed E-state index contributed by atoms with van der Waals surface area (Å²) < 4.78 is 10.1. The lowest BCUT2D eigenvalue weighted by Gasteiger charge is -2.20. The van der Waals surface area contributed by atoms with Crippen molar-refractivity contribution in [2.75, 3.05) is 18.6 Å². The molecule has 2 aromatic rings. The minimum Gasteiger partial charge on any atom is -0.457 e. The summed E-state index contributed by atoms with van der Waals surface area (Å²) in [5.41, 5.74) is 0.307. The molecule has 1 amide bonds. The average Bonchev–Trinajstić information content (AvgIpc) is 2.64. The fraction of sp³-hybridized carbons (Fsp3) is 0.286. The van der Waals surface area contributed by atoms with E-state index in [9.17, 15) is 14.4 Å². The number of ether oxygens (including phenoxy) is 2. The van der Waals surface area contributed by atoms with Crippen molar-refractivity contribution in [3.63, 3.8) is 0 Å². The Balaban J connectivity index is 2.14. The van der Waals surface area contributed by atoms with Gasteiger partial charge in [0.25, 0.3) is 5.91 Å². The van der Waals surface area contributed by atoms with Crippen molar-refractivity contribution in [2.45, 2.75) is 26.4 Å². The van der Waals surface area contributed by atoms with Crippen LogP contribution in [0.2, 0.25) is 0 Å². The second kappa shape index (κ2) is 8.49. The van der Waals surface area contributed by atoms with E-state index in [1.165, 1.54) is 11.0 Å². The number of esters is 2. The molecule has 0 unspecified atom stereocenters. The molecular weight excluding hydrogens is 346 g/mol. The molecule has 0 aliphatic heterocycles. The highest BCUT2D eigenvalue weighted by Gasteiger charge is 2.23. The highest BCUT2D eigenvalue weighted by Crippen LogP contribution is 2.18. The van der Waals surface area contributed by atoms with Gasteiger partial charge in [-0.15, -0.1) is 0 Å². The van der Waals surface area contributed by atoms with Gasteiger partial charge in [0.1, 0.15) is 5.60 Å². The maximum atomic E-state index is 12.8. The van der Waals surface area contributed by atoms with Crippen molar-refractivity contribution in [1.82, 2.24) is 0 Å². The number of carbonyl (C=O) groups excluding carboxylic acids is 3. The van der Waals surface area contributed by atoms with Crippen LogP contribution in [0.4, 0.5) is 5.69 Å². The first-order valence-corrected chi connectivity index (χ1v) is 8.50. The number of hydrogen-bond donors (Lipinski definition) is 0. The number of nitrogens with zero attached hydrogens (tertiary/aromatic N) is 1. The predicted molar refractivity (Wildman–Crippen MR) is 102 cm³/mol. The molecule has 6 nitrogen and oxygen atoms in total. The molecule has 0 aliphatic carbocycles. The maximum absolute atomic E-state index is 12.8. The molecule has 0 spiro atoms. The number of rotatable bonds is 5. The van der Waals surface area contributed by atoms with E-state index in [-0.39, 0.29) is 17.0 Å². The maximum Gasteiger partial charge on any atom is 0.344 e. The van der Waals surface area contributed by atoms with Crippen LogP contribution in [0.3, 0.4) is 0 Å². The van der Waals surface area contributed by atoms with Gasteiger partial charge in [0.15, 0.2) is 6.61 Å². The van der Waals surface area contributed by atoms with E-state index in [0.29, 0.717) is 5.69 Å². The molecule has 0 saturated carbocycles. The first kappa shape index (κ1) is 20.2. The first-order valence-electron chi connectivity index (χ1n) is 8.50. The number of anilines is 1. The van der Waals surface area contributed by atoms with Crippen LogP contribution in [0.1, 0.15) is 41.5 Å². The molecule has 0 bridgehead atoms. The van der Waals surface area contributed by atoms with Crippen molar-refractivity contribution in [3.05, 3.63) is 65.7 Å². The quantitative estimate of drug-likeness (QED) is 0.755. The van der Waals surface area contributed by atoms with Gasteiger partial charge in [0, 0.05) is 12.7 Å². The molecule has 0 saturated heterocycles. The van der Waals surface area contributed by atoms with E-state index in [2.05, 4.69) is 0 Å². The highest BCUT2D eigenvalue weighted by atomic mass is 16.6. The van der Waals surface area contributed by atoms with Crippen LogP contribution in [0.5, 0.6) is 0 Å². The molecule has 0 heterocycles. The van der Waals surface area contributed by atoms with Gasteiger partial charge >= 0.3 is 11.9 Å². The van der Waals surface area contributed by atoms with E-state index in [1.807, 2.05) is 18.2 Å². The van der Waals surface area contributed by atoms with Crippen LogP contribution < -0.4 is 4.90 Å². The lowest BCUT2D eigenvalue weighted by atomic mass is 10.1. The Bertz CT molecular complexity index is 824. The third-order valence-corrected chi connectivity index (χ3v) is 3.57. The number of carbonyl (C=O) groups is 3. The summed E-state index contributed by atoms with van der Waals surface area (Å²) in [4.78, 5) is 38.4. The van der Waals surface area contributed by atoms with Crippen LogP contribution in [0.25, 0.3) is 0 Å². The Hall–Kier alpha value is -3.15. The van der Waals surface area contributed by atoms with Crippen molar-refractivity contribution in [2.24, 2.45) is 0 Å². The van der Waals surface area contributed by atoms with E-state index in [1.54, 1.807) is 58.2 Å².